The van der Waals surface area contributed by atoms with Crippen LogP contribution in [-0.2, 0) is 16.0 Å². The molecule has 0 radical (unpaired) electrons. The Hall–Kier alpha value is -4.09. The molecule has 3 aliphatic rings. The van der Waals surface area contributed by atoms with Gasteiger partial charge < -0.3 is 36.3 Å². The number of phenolic OH excluding ortho intramolecular Hbond substituents is 1. The summed E-state index contributed by atoms with van der Waals surface area (Å²) < 4.78 is 5.17. The molecule has 2 aromatic rings. The van der Waals surface area contributed by atoms with Gasteiger partial charge in [-0.15, -0.1) is 0 Å². The Morgan fingerprint density at radius 1 is 1.22 bits per heavy atom. The first-order valence-corrected chi connectivity index (χ1v) is 11.2. The van der Waals surface area contributed by atoms with Crippen LogP contribution in [0.25, 0.3) is 11.1 Å². The number of primary amides is 1. The number of carbonyl (C=O) groups is 3. The monoisotopic (exact) mass is 495 g/mol. The summed E-state index contributed by atoms with van der Waals surface area (Å²) in [6.07, 6.45) is 3.08. The third-order valence-electron chi connectivity index (χ3n) is 7.58. The van der Waals surface area contributed by atoms with Gasteiger partial charge in [0.05, 0.1) is 29.8 Å². The maximum atomic E-state index is 13.7. The number of likely N-dealkylation sites (N-methyl/N-ethyl adjacent to an activating group) is 1. The van der Waals surface area contributed by atoms with Gasteiger partial charge in [0.1, 0.15) is 22.8 Å². The summed E-state index contributed by atoms with van der Waals surface area (Å²) in [5, 5.41) is 44.5. The number of anilines is 1. The number of rotatable bonds is 3. The number of aromatic hydroxyl groups is 1. The fourth-order valence-corrected chi connectivity index (χ4v) is 6.01. The Labute approximate surface area is 204 Å². The molecule has 0 fully saturated rings. The molecule has 1 amide bonds. The van der Waals surface area contributed by atoms with Crippen LogP contribution in [0.5, 0.6) is 5.75 Å². The van der Waals surface area contributed by atoms with Crippen LogP contribution in [0.1, 0.15) is 22.3 Å². The van der Waals surface area contributed by atoms with Crippen LogP contribution in [0.3, 0.4) is 0 Å². The van der Waals surface area contributed by atoms with Crippen molar-refractivity contribution in [3.8, 4) is 16.9 Å². The number of phenols is 1. The second kappa shape index (κ2) is 7.70. The van der Waals surface area contributed by atoms with Crippen molar-refractivity contribution in [1.82, 2.24) is 4.90 Å². The van der Waals surface area contributed by atoms with Crippen LogP contribution in [0, 0.1) is 11.8 Å². The van der Waals surface area contributed by atoms with Crippen molar-refractivity contribution in [2.75, 3.05) is 19.8 Å². The number of ketones is 2. The molecule has 4 atom stereocenters. The van der Waals surface area contributed by atoms with E-state index in [9.17, 15) is 34.8 Å². The molecule has 188 valence electrons. The van der Waals surface area contributed by atoms with Gasteiger partial charge in [-0.05, 0) is 56.1 Å². The lowest BCUT2D eigenvalue weighted by molar-refractivity contribution is -0.148. The molecular formula is C25H25N3O8. The van der Waals surface area contributed by atoms with Gasteiger partial charge in [-0.25, -0.2) is 0 Å². The molecule has 0 saturated heterocycles. The van der Waals surface area contributed by atoms with Crippen molar-refractivity contribution in [2.24, 2.45) is 17.6 Å². The van der Waals surface area contributed by atoms with E-state index < -0.39 is 63.8 Å². The summed E-state index contributed by atoms with van der Waals surface area (Å²) in [6.45, 7) is 0. The van der Waals surface area contributed by atoms with E-state index in [0.717, 1.165) is 0 Å². The van der Waals surface area contributed by atoms with Crippen LogP contribution >= 0.6 is 0 Å². The Morgan fingerprint density at radius 3 is 2.50 bits per heavy atom. The number of aliphatic hydroxyl groups is 3. The van der Waals surface area contributed by atoms with E-state index in [2.05, 4.69) is 0 Å². The highest BCUT2D eigenvalue weighted by molar-refractivity contribution is 6.25. The summed E-state index contributed by atoms with van der Waals surface area (Å²) in [5.74, 6) is -7.14. The second-order valence-electron chi connectivity index (χ2n) is 9.69. The molecule has 1 aromatic heterocycles. The van der Waals surface area contributed by atoms with E-state index in [1.807, 2.05) is 0 Å². The van der Waals surface area contributed by atoms with Gasteiger partial charge in [-0.2, -0.15) is 0 Å². The average molecular weight is 495 g/mol. The van der Waals surface area contributed by atoms with E-state index in [4.69, 9.17) is 15.9 Å². The molecule has 0 aliphatic heterocycles. The minimum absolute atomic E-state index is 0.00171. The molecule has 0 bridgehead atoms. The van der Waals surface area contributed by atoms with Crippen molar-refractivity contribution in [3.05, 3.63) is 58.5 Å². The zero-order chi connectivity index (χ0) is 26.3. The van der Waals surface area contributed by atoms with Gasteiger partial charge in [-0.1, -0.05) is 0 Å². The van der Waals surface area contributed by atoms with Gasteiger partial charge in [0.2, 0.25) is 5.78 Å². The molecule has 0 unspecified atom stereocenters. The number of carbonyl (C=O) groups excluding carboxylic acids is 3. The number of nitrogens with zero attached hydrogens (tertiary/aromatic N) is 1. The molecule has 3 aliphatic carbocycles. The van der Waals surface area contributed by atoms with Crippen molar-refractivity contribution >= 4 is 23.2 Å². The first kappa shape index (κ1) is 23.6. The molecule has 1 heterocycles. The van der Waals surface area contributed by atoms with E-state index in [0.29, 0.717) is 16.7 Å². The summed E-state index contributed by atoms with van der Waals surface area (Å²) >= 11 is 0. The molecule has 0 spiro atoms. The van der Waals surface area contributed by atoms with Crippen LogP contribution in [0.2, 0.25) is 0 Å². The van der Waals surface area contributed by atoms with Crippen LogP contribution in [0.15, 0.2) is 51.7 Å². The van der Waals surface area contributed by atoms with Crippen LogP contribution < -0.4 is 11.5 Å². The smallest absolute Gasteiger partial charge is 0.255 e. The fraction of sp³-hybridized carbons (Fsp3) is 0.320. The number of allylic oxidation sites excluding steroid dienone is 1. The van der Waals surface area contributed by atoms with Crippen molar-refractivity contribution < 1.29 is 39.2 Å². The third kappa shape index (κ3) is 2.90. The number of Topliss-reactive ketones (excluding diaryl/α,β-unsaturated/α-hetero) is 2. The summed E-state index contributed by atoms with van der Waals surface area (Å²) in [7, 11) is 3.15. The lowest BCUT2D eigenvalue weighted by Gasteiger charge is -2.50. The van der Waals surface area contributed by atoms with Crippen molar-refractivity contribution in [2.45, 2.75) is 24.5 Å². The average Bonchev–Trinajstić information content (AvgIpc) is 3.33. The minimum atomic E-state index is -2.69. The summed E-state index contributed by atoms with van der Waals surface area (Å²) in [4.78, 5) is 40.6. The first-order chi connectivity index (χ1) is 16.9. The molecule has 8 N–H and O–H groups in total. The topological polar surface area (TPSA) is 201 Å². The highest BCUT2D eigenvalue weighted by atomic mass is 16.3. The molecule has 36 heavy (non-hydrogen) atoms. The Kier molecular flexibility index (Phi) is 5.06. The third-order valence-corrected chi connectivity index (χ3v) is 7.58. The summed E-state index contributed by atoms with van der Waals surface area (Å²) in [5.41, 5.74) is 8.97. The van der Waals surface area contributed by atoms with Gasteiger partial charge in [-0.3, -0.25) is 19.3 Å². The lowest BCUT2D eigenvalue weighted by Crippen LogP contribution is -2.63. The van der Waals surface area contributed by atoms with E-state index in [1.54, 1.807) is 20.2 Å². The number of nitrogen functional groups attached to an aromatic ring is 1. The largest absolute Gasteiger partial charge is 0.510 e. The Morgan fingerprint density at radius 2 is 1.92 bits per heavy atom. The van der Waals surface area contributed by atoms with Gasteiger partial charge in [0.25, 0.3) is 5.91 Å². The van der Waals surface area contributed by atoms with Crippen molar-refractivity contribution in [1.29, 1.82) is 0 Å². The van der Waals surface area contributed by atoms with Gasteiger partial charge in [0.15, 0.2) is 11.4 Å². The Balaban J connectivity index is 1.76. The fourth-order valence-electron chi connectivity index (χ4n) is 6.01. The maximum absolute atomic E-state index is 13.7. The predicted octanol–water partition coefficient (Wildman–Crippen LogP) is 0.963. The number of amides is 1. The normalized spacial score (nSPS) is 27.7. The highest BCUT2D eigenvalue weighted by Gasteiger charge is 2.63. The molecular weight excluding hydrogens is 470 g/mol. The summed E-state index contributed by atoms with van der Waals surface area (Å²) in [6, 6.07) is 2.15. The quantitative estimate of drug-likeness (QED) is 0.202. The number of hydrogen-bond acceptors (Lipinski definition) is 10. The minimum Gasteiger partial charge on any atom is -0.510 e. The van der Waals surface area contributed by atoms with Crippen LogP contribution in [-0.4, -0.2) is 68.5 Å². The molecule has 11 nitrogen and oxygen atoms in total. The first-order valence-electron chi connectivity index (χ1n) is 11.2. The predicted molar refractivity (Wildman–Crippen MR) is 126 cm³/mol. The lowest BCUT2D eigenvalue weighted by atomic mass is 9.58. The van der Waals surface area contributed by atoms with Gasteiger partial charge >= 0.3 is 0 Å². The zero-order valence-electron chi connectivity index (χ0n) is 19.5. The molecule has 11 heteroatoms. The number of furan rings is 1. The molecule has 1 aromatic carbocycles. The van der Waals surface area contributed by atoms with Gasteiger partial charge in [0, 0.05) is 17.1 Å². The van der Waals surface area contributed by atoms with Crippen LogP contribution in [0.4, 0.5) is 5.69 Å². The standard InChI is InChI=1S/C25H25N3O8/c1-28(2)18-13-6-10-5-12-11(9-3-4-36-8-9)7-14(26)19(29)16(12)20(30)15(10)22(32)25(13,35)23(33)17(21(18)31)24(27)34/h3-4,7-8,10,13,18,29,31-32,35H,5-6,26H2,1-2H3,(H2,27,34)/t10-,13-,18+,25+/m0/s1. The highest BCUT2D eigenvalue weighted by Crippen LogP contribution is 2.53. The number of nitrogens with two attached hydrogens (primary N) is 2. The van der Waals surface area contributed by atoms with E-state index in [1.165, 1.54) is 23.5 Å². The van der Waals surface area contributed by atoms with E-state index >= 15 is 0 Å². The Bertz CT molecular complexity index is 1400. The molecule has 0 saturated carbocycles. The number of fused-ring (bicyclic) bond motifs is 3. The SMILES string of the molecule is CN(C)[C@H]1C(O)=C(C(N)=O)C(=O)[C@]2(O)C(O)=C3C(=O)c4c(O)c(N)cc(-c5ccoc5)c4C[C@H]3C[C@@H]12. The molecule has 5 rings (SSSR count). The number of aliphatic hydroxyl groups excluding tert-OH is 2. The van der Waals surface area contributed by atoms with Crippen molar-refractivity contribution in [3.63, 3.8) is 0 Å². The van der Waals surface area contributed by atoms with E-state index in [-0.39, 0.29) is 29.7 Å². The number of benzene rings is 1. The number of hydrogen-bond donors (Lipinski definition) is 6. The maximum Gasteiger partial charge on any atom is 0.255 e. The zero-order valence-corrected chi connectivity index (χ0v) is 19.5. The second-order valence-corrected chi connectivity index (χ2v) is 9.69.